The molecule has 0 saturated carbocycles. The second kappa shape index (κ2) is 32.8. The third-order valence-corrected chi connectivity index (χ3v) is 10.5. The van der Waals surface area contributed by atoms with E-state index in [4.69, 9.17) is 0 Å². The number of carbonyl (C=O) groups excluding carboxylic acids is 4. The molecule has 0 radical (unpaired) electrons. The van der Waals surface area contributed by atoms with Crippen molar-refractivity contribution in [3.05, 3.63) is 0 Å². The van der Waals surface area contributed by atoms with E-state index < -0.39 is 72.6 Å². The van der Waals surface area contributed by atoms with Gasteiger partial charge in [-0.1, -0.05) is 168 Å². The molecule has 0 aromatic rings. The topological polar surface area (TPSA) is 190 Å². The quantitative estimate of drug-likeness (QED) is 0.0282. The number of Topliss-reactive ketones (excluding diaryl/α,β-unsaturated/α-hetero) is 4. The van der Waals surface area contributed by atoms with Crippen molar-refractivity contribution in [3.8, 4) is 0 Å². The average Bonchev–Trinajstić information content (AvgIpc) is 3.15. The van der Waals surface area contributed by atoms with Crippen LogP contribution in [0.3, 0.4) is 0 Å². The van der Waals surface area contributed by atoms with Crippen molar-refractivity contribution in [2.75, 3.05) is 13.2 Å². The largest absolute Gasteiger partial charge is 0.394 e. The lowest BCUT2D eigenvalue weighted by atomic mass is 9.66. The number of unbranched alkanes of at least 4 members (excludes halogenated alkanes) is 24. The zero-order valence-corrected chi connectivity index (χ0v) is 33.0. The molecule has 306 valence electrons. The van der Waals surface area contributed by atoms with E-state index >= 15 is 0 Å². The molecule has 0 bridgehead atoms. The van der Waals surface area contributed by atoms with Crippen LogP contribution in [0.1, 0.15) is 200 Å². The summed E-state index contributed by atoms with van der Waals surface area (Å²) in [5.41, 5.74) is -2.70. The number of aliphatic hydroxyl groups excluding tert-OH is 6. The maximum atomic E-state index is 14.0. The molecule has 0 aliphatic heterocycles. The van der Waals surface area contributed by atoms with E-state index in [1.54, 1.807) is 0 Å². The van der Waals surface area contributed by atoms with Crippen molar-refractivity contribution in [2.45, 2.75) is 224 Å². The number of carbonyl (C=O) groups is 4. The van der Waals surface area contributed by atoms with Gasteiger partial charge in [0.15, 0.2) is 28.5 Å². The molecule has 0 heterocycles. The molecule has 6 N–H and O–H groups in total. The first kappa shape index (κ1) is 50.4. The van der Waals surface area contributed by atoms with Gasteiger partial charge in [-0.2, -0.15) is 0 Å². The first-order chi connectivity index (χ1) is 25.0. The Morgan fingerprint density at radius 1 is 0.423 bits per heavy atom. The highest BCUT2D eigenvalue weighted by molar-refractivity contribution is 6.27. The Kier molecular flexibility index (Phi) is 31.8. The van der Waals surface area contributed by atoms with E-state index in [-0.39, 0.29) is 12.8 Å². The lowest BCUT2D eigenvalue weighted by molar-refractivity contribution is -0.161. The first-order valence-electron chi connectivity index (χ1n) is 21.1. The molecule has 0 amide bonds. The normalized spacial score (nSPS) is 14.2. The van der Waals surface area contributed by atoms with E-state index in [0.717, 1.165) is 51.4 Å². The number of ketones is 4. The van der Waals surface area contributed by atoms with Crippen molar-refractivity contribution in [1.82, 2.24) is 0 Å². The highest BCUT2D eigenvalue weighted by atomic mass is 16.4. The molecule has 0 spiro atoms. The highest BCUT2D eigenvalue weighted by Crippen LogP contribution is 2.35. The summed E-state index contributed by atoms with van der Waals surface area (Å²) in [6.07, 6.45) is 17.8. The second-order valence-corrected chi connectivity index (χ2v) is 15.1. The predicted molar refractivity (Wildman–Crippen MR) is 206 cm³/mol. The van der Waals surface area contributed by atoms with Gasteiger partial charge in [0.25, 0.3) is 0 Å². The van der Waals surface area contributed by atoms with Gasteiger partial charge in [0.1, 0.15) is 24.4 Å². The zero-order valence-electron chi connectivity index (χ0n) is 33.0. The van der Waals surface area contributed by atoms with Gasteiger partial charge in [-0.15, -0.1) is 0 Å². The zero-order chi connectivity index (χ0) is 39.0. The third-order valence-electron chi connectivity index (χ3n) is 10.5. The smallest absolute Gasteiger partial charge is 0.185 e. The summed E-state index contributed by atoms with van der Waals surface area (Å²) in [6.45, 7) is 2.42. The molecule has 10 heteroatoms. The van der Waals surface area contributed by atoms with Crippen LogP contribution in [0.5, 0.6) is 0 Å². The Morgan fingerprint density at radius 3 is 0.981 bits per heavy atom. The van der Waals surface area contributed by atoms with Gasteiger partial charge >= 0.3 is 0 Å². The first-order valence-corrected chi connectivity index (χ1v) is 21.1. The van der Waals surface area contributed by atoms with Crippen molar-refractivity contribution in [1.29, 1.82) is 0 Å². The van der Waals surface area contributed by atoms with Gasteiger partial charge in [0.05, 0.1) is 13.2 Å². The summed E-state index contributed by atoms with van der Waals surface area (Å²) in [5.74, 6) is -4.38. The number of rotatable bonds is 39. The Bertz CT molecular complexity index is 880. The fourth-order valence-electron chi connectivity index (χ4n) is 6.96. The fourth-order valence-corrected chi connectivity index (χ4v) is 6.96. The molecule has 0 saturated heterocycles. The number of aliphatic hydroxyl groups is 6. The molecule has 0 aromatic heterocycles. The molecule has 0 aromatic carbocycles. The van der Waals surface area contributed by atoms with E-state index in [9.17, 15) is 49.8 Å². The molecule has 0 rings (SSSR count). The third kappa shape index (κ3) is 21.4. The molecular weight excluding hydrogens is 664 g/mol. The number of hydrogen-bond acceptors (Lipinski definition) is 10. The monoisotopic (exact) mass is 743 g/mol. The van der Waals surface area contributed by atoms with Crippen LogP contribution >= 0.6 is 0 Å². The molecule has 10 nitrogen and oxygen atoms in total. The van der Waals surface area contributed by atoms with Gasteiger partial charge in [0.2, 0.25) is 0 Å². The minimum Gasteiger partial charge on any atom is -0.394 e. The molecule has 0 aliphatic carbocycles. The molecule has 4 unspecified atom stereocenters. The SMILES string of the molecule is CCCCCCCCCCCCCCCC(=O)C(CC(=O)C(O)C(O)CO)(C(=O)CCCCCCCCCCCCCCC)C(=O)C(O)C(O)CO. The summed E-state index contributed by atoms with van der Waals surface area (Å²) >= 11 is 0. The van der Waals surface area contributed by atoms with E-state index in [2.05, 4.69) is 13.8 Å². The standard InChI is InChI=1S/C42H78O10/c1-3-5-7-9-11-13-15-17-19-21-23-25-27-29-37(48)42(41(52)40(51)36(47)33-44,31-34(45)39(50)35(46)32-43)38(49)30-28-26-24-22-20-18-16-14-12-10-8-6-4-2/h35-36,39-40,43-44,46-47,50-51H,3-33H2,1-2H3. The van der Waals surface area contributed by atoms with Crippen LogP contribution in [-0.4, -0.2) is 91.4 Å². The van der Waals surface area contributed by atoms with Crippen LogP contribution in [0.2, 0.25) is 0 Å². The van der Waals surface area contributed by atoms with E-state index in [1.807, 2.05) is 0 Å². The van der Waals surface area contributed by atoms with Crippen LogP contribution in [0, 0.1) is 5.41 Å². The summed E-state index contributed by atoms with van der Waals surface area (Å²) < 4.78 is 0. The second-order valence-electron chi connectivity index (χ2n) is 15.1. The lowest BCUT2D eigenvalue weighted by Crippen LogP contribution is -2.56. The molecule has 0 aliphatic rings. The van der Waals surface area contributed by atoms with Crippen LogP contribution in [0.4, 0.5) is 0 Å². The van der Waals surface area contributed by atoms with Gasteiger partial charge < -0.3 is 30.6 Å². The number of hydrogen-bond donors (Lipinski definition) is 6. The fraction of sp³-hybridized carbons (Fsp3) is 0.905. The van der Waals surface area contributed by atoms with Crippen molar-refractivity contribution in [2.24, 2.45) is 5.41 Å². The molecule has 52 heavy (non-hydrogen) atoms. The van der Waals surface area contributed by atoms with Crippen molar-refractivity contribution < 1.29 is 49.8 Å². The predicted octanol–water partition coefficient (Wildman–Crippen LogP) is 7.03. The Morgan fingerprint density at radius 2 is 0.692 bits per heavy atom. The van der Waals surface area contributed by atoms with E-state index in [1.165, 1.54) is 89.9 Å². The maximum absolute atomic E-state index is 14.0. The molecule has 0 fully saturated rings. The Hall–Kier alpha value is -1.56. The van der Waals surface area contributed by atoms with Crippen molar-refractivity contribution in [3.63, 3.8) is 0 Å². The summed E-state index contributed by atoms with van der Waals surface area (Å²) in [5, 5.41) is 59.8. The summed E-state index contributed by atoms with van der Waals surface area (Å²) in [7, 11) is 0. The molecular formula is C42H78O10. The van der Waals surface area contributed by atoms with Gasteiger partial charge in [0, 0.05) is 19.3 Å². The maximum Gasteiger partial charge on any atom is 0.185 e. The van der Waals surface area contributed by atoms with Gasteiger partial charge in [-0.05, 0) is 12.8 Å². The van der Waals surface area contributed by atoms with Crippen molar-refractivity contribution >= 4 is 23.1 Å². The highest BCUT2D eigenvalue weighted by Gasteiger charge is 2.55. The molecule has 4 atom stereocenters. The van der Waals surface area contributed by atoms with E-state index in [0.29, 0.717) is 25.7 Å². The minimum atomic E-state index is -2.70. The Labute approximate surface area is 315 Å². The summed E-state index contributed by atoms with van der Waals surface area (Å²) in [4.78, 5) is 54.9. The van der Waals surface area contributed by atoms with Crippen LogP contribution < -0.4 is 0 Å². The minimum absolute atomic E-state index is 0.234. The Balaban J connectivity index is 5.41. The van der Waals surface area contributed by atoms with Crippen LogP contribution in [-0.2, 0) is 19.2 Å². The van der Waals surface area contributed by atoms with Crippen LogP contribution in [0.25, 0.3) is 0 Å². The van der Waals surface area contributed by atoms with Gasteiger partial charge in [-0.3, -0.25) is 19.2 Å². The van der Waals surface area contributed by atoms with Gasteiger partial charge in [-0.25, -0.2) is 0 Å². The summed E-state index contributed by atoms with van der Waals surface area (Å²) in [6, 6.07) is 0. The van der Waals surface area contributed by atoms with Crippen LogP contribution in [0.15, 0.2) is 0 Å². The average molecular weight is 743 g/mol. The lowest BCUT2D eigenvalue weighted by Gasteiger charge is -2.33.